The van der Waals surface area contributed by atoms with Crippen molar-refractivity contribution >= 4 is 5.97 Å². The number of nitrogens with zero attached hydrogens (tertiary/aromatic N) is 2. The summed E-state index contributed by atoms with van der Waals surface area (Å²) < 4.78 is 4.90. The minimum atomic E-state index is -0.359. The van der Waals surface area contributed by atoms with Gasteiger partial charge in [0.25, 0.3) is 0 Å². The molecule has 0 radical (unpaired) electrons. The molecule has 0 atom stereocenters. The van der Waals surface area contributed by atoms with Crippen molar-refractivity contribution in [2.45, 2.75) is 20.3 Å². The highest BCUT2D eigenvalue weighted by molar-refractivity contribution is 5.88. The minimum Gasteiger partial charge on any atom is -0.462 e. The van der Waals surface area contributed by atoms with Gasteiger partial charge in [-0.2, -0.15) is 0 Å². The van der Waals surface area contributed by atoms with Crippen LogP contribution in [0.25, 0.3) is 0 Å². The van der Waals surface area contributed by atoms with Crippen LogP contribution < -0.4 is 0 Å². The standard InChI is InChI=1S/C9H12N2O2/c1-3-4-13-9(12)8-5-10-7(2)11-6-8/h5-6H,3-4H2,1-2H3. The zero-order valence-corrected chi connectivity index (χ0v) is 7.78. The lowest BCUT2D eigenvalue weighted by atomic mass is 10.3. The number of carbonyl (C=O) groups is 1. The summed E-state index contributed by atoms with van der Waals surface area (Å²) in [5.41, 5.74) is 0.402. The predicted molar refractivity (Wildman–Crippen MR) is 47.3 cm³/mol. The summed E-state index contributed by atoms with van der Waals surface area (Å²) in [4.78, 5) is 19.0. The van der Waals surface area contributed by atoms with E-state index >= 15 is 0 Å². The van der Waals surface area contributed by atoms with E-state index in [9.17, 15) is 4.79 Å². The monoisotopic (exact) mass is 180 g/mol. The predicted octanol–water partition coefficient (Wildman–Crippen LogP) is 1.35. The molecular formula is C9H12N2O2. The van der Waals surface area contributed by atoms with E-state index in [0.29, 0.717) is 18.0 Å². The highest BCUT2D eigenvalue weighted by Crippen LogP contribution is 1.98. The van der Waals surface area contributed by atoms with Crippen molar-refractivity contribution in [2.24, 2.45) is 0 Å². The second-order valence-corrected chi connectivity index (χ2v) is 2.65. The SMILES string of the molecule is CCCOC(=O)c1cnc(C)nc1. The largest absolute Gasteiger partial charge is 0.462 e. The Labute approximate surface area is 77.0 Å². The number of hydrogen-bond acceptors (Lipinski definition) is 4. The van der Waals surface area contributed by atoms with Crippen LogP contribution >= 0.6 is 0 Å². The number of rotatable bonds is 3. The molecule has 0 aromatic carbocycles. The Morgan fingerprint density at radius 2 is 2.08 bits per heavy atom. The molecule has 0 aliphatic carbocycles. The first-order valence-electron chi connectivity index (χ1n) is 4.19. The third kappa shape index (κ3) is 2.82. The van der Waals surface area contributed by atoms with Gasteiger partial charge in [-0.15, -0.1) is 0 Å². The first kappa shape index (κ1) is 9.64. The van der Waals surface area contributed by atoms with Crippen LogP contribution in [0.1, 0.15) is 29.5 Å². The van der Waals surface area contributed by atoms with E-state index in [0.717, 1.165) is 6.42 Å². The summed E-state index contributed by atoms with van der Waals surface area (Å²) in [6.07, 6.45) is 3.76. The van der Waals surface area contributed by atoms with Crippen molar-refractivity contribution < 1.29 is 9.53 Å². The molecule has 1 aromatic heterocycles. The van der Waals surface area contributed by atoms with E-state index in [1.807, 2.05) is 6.92 Å². The van der Waals surface area contributed by atoms with E-state index in [1.165, 1.54) is 12.4 Å². The average Bonchev–Trinajstić information content (AvgIpc) is 2.15. The number of hydrogen-bond donors (Lipinski definition) is 0. The molecule has 0 N–H and O–H groups in total. The van der Waals surface area contributed by atoms with Crippen LogP contribution in [0.3, 0.4) is 0 Å². The summed E-state index contributed by atoms with van der Waals surface area (Å²) in [6, 6.07) is 0. The Balaban J connectivity index is 2.61. The molecule has 4 nitrogen and oxygen atoms in total. The molecule has 0 amide bonds. The van der Waals surface area contributed by atoms with Crippen LogP contribution in [0, 0.1) is 6.92 Å². The first-order valence-corrected chi connectivity index (χ1v) is 4.19. The first-order chi connectivity index (χ1) is 6.24. The summed E-state index contributed by atoms with van der Waals surface area (Å²) in [7, 11) is 0. The molecule has 1 heterocycles. The van der Waals surface area contributed by atoms with Gasteiger partial charge in [0.1, 0.15) is 5.82 Å². The van der Waals surface area contributed by atoms with Gasteiger partial charge >= 0.3 is 5.97 Å². The van der Waals surface area contributed by atoms with Crippen LogP contribution in [0.4, 0.5) is 0 Å². The average molecular weight is 180 g/mol. The third-order valence-corrected chi connectivity index (χ3v) is 1.45. The van der Waals surface area contributed by atoms with Crippen LogP contribution in [-0.4, -0.2) is 22.5 Å². The van der Waals surface area contributed by atoms with Crippen molar-refractivity contribution in [3.8, 4) is 0 Å². The van der Waals surface area contributed by atoms with Gasteiger partial charge in [-0.25, -0.2) is 14.8 Å². The lowest BCUT2D eigenvalue weighted by Gasteiger charge is -2.01. The topological polar surface area (TPSA) is 52.1 Å². The quantitative estimate of drug-likeness (QED) is 0.659. The third-order valence-electron chi connectivity index (χ3n) is 1.45. The van der Waals surface area contributed by atoms with Crippen molar-refractivity contribution in [1.82, 2.24) is 9.97 Å². The van der Waals surface area contributed by atoms with Gasteiger partial charge in [0, 0.05) is 12.4 Å². The highest BCUT2D eigenvalue weighted by Gasteiger charge is 2.06. The van der Waals surface area contributed by atoms with E-state index in [1.54, 1.807) is 6.92 Å². The molecule has 0 bridgehead atoms. The van der Waals surface area contributed by atoms with Crippen molar-refractivity contribution in [3.05, 3.63) is 23.8 Å². The van der Waals surface area contributed by atoms with Gasteiger partial charge in [0.05, 0.1) is 12.2 Å². The Kier molecular flexibility index (Phi) is 3.37. The summed E-state index contributed by atoms with van der Waals surface area (Å²) >= 11 is 0. The van der Waals surface area contributed by atoms with Gasteiger partial charge in [-0.05, 0) is 13.3 Å². The number of carbonyl (C=O) groups excluding carboxylic acids is 1. The van der Waals surface area contributed by atoms with Gasteiger partial charge in [-0.3, -0.25) is 0 Å². The molecule has 0 aliphatic heterocycles. The lowest BCUT2D eigenvalue weighted by Crippen LogP contribution is -2.07. The molecule has 4 heteroatoms. The van der Waals surface area contributed by atoms with Gasteiger partial charge in [-0.1, -0.05) is 6.92 Å². The highest BCUT2D eigenvalue weighted by atomic mass is 16.5. The second-order valence-electron chi connectivity index (χ2n) is 2.65. The molecule has 0 fully saturated rings. The number of aryl methyl sites for hydroxylation is 1. The Bertz CT molecular complexity index is 282. The molecule has 0 spiro atoms. The summed E-state index contributed by atoms with van der Waals surface area (Å²) in [5.74, 6) is 0.286. The van der Waals surface area contributed by atoms with E-state index in [4.69, 9.17) is 4.74 Å². The Morgan fingerprint density at radius 3 is 2.62 bits per heavy atom. The van der Waals surface area contributed by atoms with Gasteiger partial charge in [0.2, 0.25) is 0 Å². The van der Waals surface area contributed by atoms with Crippen LogP contribution in [0.5, 0.6) is 0 Å². The molecule has 0 unspecified atom stereocenters. The molecule has 0 saturated heterocycles. The number of ether oxygens (including phenoxy) is 1. The van der Waals surface area contributed by atoms with Gasteiger partial charge in [0.15, 0.2) is 0 Å². The molecule has 70 valence electrons. The van der Waals surface area contributed by atoms with E-state index in [-0.39, 0.29) is 5.97 Å². The summed E-state index contributed by atoms with van der Waals surface area (Å²) in [6.45, 7) is 4.15. The second kappa shape index (κ2) is 4.54. The minimum absolute atomic E-state index is 0.359. The maximum atomic E-state index is 11.2. The summed E-state index contributed by atoms with van der Waals surface area (Å²) in [5, 5.41) is 0. The van der Waals surface area contributed by atoms with Crippen LogP contribution in [0.2, 0.25) is 0 Å². The molecule has 1 aromatic rings. The Hall–Kier alpha value is -1.45. The fourth-order valence-electron chi connectivity index (χ4n) is 0.776. The molecule has 0 saturated carbocycles. The smallest absolute Gasteiger partial charge is 0.341 e. The van der Waals surface area contributed by atoms with E-state index < -0.39 is 0 Å². The van der Waals surface area contributed by atoms with Crippen molar-refractivity contribution in [2.75, 3.05) is 6.61 Å². The number of esters is 1. The lowest BCUT2D eigenvalue weighted by molar-refractivity contribution is 0.0504. The van der Waals surface area contributed by atoms with E-state index in [2.05, 4.69) is 9.97 Å². The molecule has 0 aliphatic rings. The van der Waals surface area contributed by atoms with Crippen LogP contribution in [-0.2, 0) is 4.74 Å². The fourth-order valence-corrected chi connectivity index (χ4v) is 0.776. The maximum Gasteiger partial charge on any atom is 0.341 e. The molecule has 13 heavy (non-hydrogen) atoms. The van der Waals surface area contributed by atoms with Crippen molar-refractivity contribution in [3.63, 3.8) is 0 Å². The zero-order chi connectivity index (χ0) is 9.68. The Morgan fingerprint density at radius 1 is 1.46 bits per heavy atom. The fraction of sp³-hybridized carbons (Fsp3) is 0.444. The maximum absolute atomic E-state index is 11.2. The molecular weight excluding hydrogens is 168 g/mol. The normalized spacial score (nSPS) is 9.69. The van der Waals surface area contributed by atoms with Gasteiger partial charge < -0.3 is 4.74 Å². The zero-order valence-electron chi connectivity index (χ0n) is 7.78. The molecule has 1 rings (SSSR count). The van der Waals surface area contributed by atoms with Crippen molar-refractivity contribution in [1.29, 1.82) is 0 Å². The number of aromatic nitrogens is 2. The van der Waals surface area contributed by atoms with Crippen LogP contribution in [0.15, 0.2) is 12.4 Å².